The minimum absolute atomic E-state index is 0.0599. The first kappa shape index (κ1) is 17.2. The molecule has 0 aliphatic carbocycles. The van der Waals surface area contributed by atoms with Gasteiger partial charge in [-0.15, -0.1) is 5.10 Å². The quantitative estimate of drug-likeness (QED) is 0.485. The van der Waals surface area contributed by atoms with Crippen molar-refractivity contribution in [1.29, 1.82) is 0 Å². The van der Waals surface area contributed by atoms with E-state index in [1.54, 1.807) is 25.4 Å². The van der Waals surface area contributed by atoms with Crippen LogP contribution in [0.25, 0.3) is 5.82 Å². The highest BCUT2D eigenvalue weighted by atomic mass is 16.6. The summed E-state index contributed by atoms with van der Waals surface area (Å²) >= 11 is 0. The van der Waals surface area contributed by atoms with Crippen LogP contribution in [0.3, 0.4) is 0 Å². The molecule has 0 aliphatic rings. The molecule has 0 bridgehead atoms. The van der Waals surface area contributed by atoms with E-state index in [2.05, 4.69) is 40.8 Å². The third-order valence-electron chi connectivity index (χ3n) is 3.57. The molecule has 0 spiro atoms. The van der Waals surface area contributed by atoms with Crippen molar-refractivity contribution in [2.45, 2.75) is 26.7 Å². The van der Waals surface area contributed by atoms with Crippen molar-refractivity contribution in [3.63, 3.8) is 0 Å². The number of nitrogens with two attached hydrogens (primary N) is 1. The maximum Gasteiger partial charge on any atom is 0.293 e. The molecule has 0 unspecified atom stereocenters. The van der Waals surface area contributed by atoms with Gasteiger partial charge in [0.15, 0.2) is 5.69 Å². The summed E-state index contributed by atoms with van der Waals surface area (Å²) in [6.07, 6.45) is 4.61. The Bertz CT molecular complexity index is 930. The minimum atomic E-state index is -0.488. The Morgan fingerprint density at radius 2 is 2.27 bits per heavy atom. The van der Waals surface area contributed by atoms with Gasteiger partial charge < -0.3 is 5.73 Å². The molecule has 134 valence electrons. The van der Waals surface area contributed by atoms with Crippen molar-refractivity contribution >= 4 is 17.4 Å². The number of pyridine rings is 1. The van der Waals surface area contributed by atoms with Crippen molar-refractivity contribution in [3.05, 3.63) is 41.5 Å². The van der Waals surface area contributed by atoms with E-state index in [1.807, 2.05) is 13.0 Å². The fourth-order valence-corrected chi connectivity index (χ4v) is 2.28. The monoisotopic (exact) mass is 355 g/mol. The molecule has 0 aromatic carbocycles. The van der Waals surface area contributed by atoms with Gasteiger partial charge in [-0.3, -0.25) is 9.78 Å². The van der Waals surface area contributed by atoms with E-state index in [0.29, 0.717) is 17.8 Å². The van der Waals surface area contributed by atoms with Gasteiger partial charge in [0.1, 0.15) is 0 Å². The number of aromatic nitrogens is 6. The second kappa shape index (κ2) is 7.51. The highest BCUT2D eigenvalue weighted by Crippen LogP contribution is 2.17. The average molecular weight is 355 g/mol. The number of nitrogens with zero attached hydrogens (tertiary/aromatic N) is 7. The van der Waals surface area contributed by atoms with Crippen LogP contribution in [0.15, 0.2) is 34.3 Å². The Kier molecular flexibility index (Phi) is 4.97. The van der Waals surface area contributed by atoms with Gasteiger partial charge in [-0.05, 0) is 29.7 Å². The Labute approximate surface area is 148 Å². The van der Waals surface area contributed by atoms with E-state index in [9.17, 15) is 4.79 Å². The smallest absolute Gasteiger partial charge is 0.293 e. The lowest BCUT2D eigenvalue weighted by molar-refractivity contribution is 0.0948. The molecule has 3 aromatic rings. The molecule has 3 rings (SSSR count). The number of hydrogen-bond acceptors (Lipinski definition) is 9. The van der Waals surface area contributed by atoms with E-state index in [-0.39, 0.29) is 17.3 Å². The first-order valence-electron chi connectivity index (χ1n) is 7.89. The molecule has 3 heterocycles. The van der Waals surface area contributed by atoms with E-state index >= 15 is 0 Å². The molecule has 0 saturated carbocycles. The van der Waals surface area contributed by atoms with Crippen LogP contribution in [0.5, 0.6) is 0 Å². The standard InChI is InChI=1S/C15H17N9O2/c1-3-5-11-12(19-23-24(11)14-13(16)21-26-22-14)15(25)20-18-9(2)10-6-4-7-17-8-10/h4,6-8H,3,5H2,1-2H3,(H2,16,21)(H,20,25)/b18-9-. The van der Waals surface area contributed by atoms with E-state index < -0.39 is 5.91 Å². The number of hydrogen-bond donors (Lipinski definition) is 2. The average Bonchev–Trinajstić information content (AvgIpc) is 3.26. The van der Waals surface area contributed by atoms with Crippen LogP contribution >= 0.6 is 0 Å². The lowest BCUT2D eigenvalue weighted by Gasteiger charge is -2.04. The normalized spacial score (nSPS) is 11.5. The van der Waals surface area contributed by atoms with Crippen LogP contribution in [0.2, 0.25) is 0 Å². The summed E-state index contributed by atoms with van der Waals surface area (Å²) in [5.74, 6) is -0.238. The number of amides is 1. The summed E-state index contributed by atoms with van der Waals surface area (Å²) in [4.78, 5) is 16.5. The van der Waals surface area contributed by atoms with E-state index in [1.165, 1.54) is 4.68 Å². The number of anilines is 1. The summed E-state index contributed by atoms with van der Waals surface area (Å²) in [6.45, 7) is 3.73. The second-order valence-electron chi connectivity index (χ2n) is 5.40. The minimum Gasteiger partial charge on any atom is -0.378 e. The molecule has 0 fully saturated rings. The van der Waals surface area contributed by atoms with Crippen LogP contribution < -0.4 is 11.2 Å². The molecule has 1 amide bonds. The van der Waals surface area contributed by atoms with Crippen LogP contribution in [0, 0.1) is 0 Å². The zero-order valence-corrected chi connectivity index (χ0v) is 14.2. The van der Waals surface area contributed by atoms with Gasteiger partial charge in [0, 0.05) is 18.0 Å². The predicted octanol–water partition coefficient (Wildman–Crippen LogP) is 0.734. The van der Waals surface area contributed by atoms with Crippen molar-refractivity contribution in [1.82, 2.24) is 35.7 Å². The summed E-state index contributed by atoms with van der Waals surface area (Å²) in [6, 6.07) is 3.63. The number of nitrogen functional groups attached to an aromatic ring is 1. The molecular formula is C15H17N9O2. The zero-order valence-electron chi connectivity index (χ0n) is 14.2. The predicted molar refractivity (Wildman–Crippen MR) is 91.5 cm³/mol. The Hall–Kier alpha value is -3.63. The fourth-order valence-electron chi connectivity index (χ4n) is 2.28. The Morgan fingerprint density at radius 1 is 1.42 bits per heavy atom. The maximum atomic E-state index is 12.5. The fraction of sp³-hybridized carbons (Fsp3) is 0.267. The van der Waals surface area contributed by atoms with Crippen molar-refractivity contribution in [2.24, 2.45) is 5.10 Å². The summed E-state index contributed by atoms with van der Waals surface area (Å²) in [5, 5.41) is 19.2. The third-order valence-corrected chi connectivity index (χ3v) is 3.57. The molecule has 3 aromatic heterocycles. The molecule has 11 heteroatoms. The third kappa shape index (κ3) is 3.41. The lowest BCUT2D eigenvalue weighted by Crippen LogP contribution is -2.21. The first-order chi connectivity index (χ1) is 12.6. The highest BCUT2D eigenvalue weighted by molar-refractivity contribution is 6.00. The van der Waals surface area contributed by atoms with Gasteiger partial charge in [0.05, 0.1) is 11.4 Å². The van der Waals surface area contributed by atoms with E-state index in [0.717, 1.165) is 12.0 Å². The molecule has 0 atom stereocenters. The number of hydrazone groups is 1. The molecule has 3 N–H and O–H groups in total. The SMILES string of the molecule is CCCc1c(C(=O)N/N=C(/C)c2cccnc2)nnn1-c1nonc1N. The molecule has 0 saturated heterocycles. The summed E-state index contributed by atoms with van der Waals surface area (Å²) < 4.78 is 5.94. The second-order valence-corrected chi connectivity index (χ2v) is 5.40. The number of carbonyl (C=O) groups is 1. The molecule has 11 nitrogen and oxygen atoms in total. The van der Waals surface area contributed by atoms with Crippen LogP contribution in [0.1, 0.15) is 42.0 Å². The van der Waals surface area contributed by atoms with Gasteiger partial charge in [-0.25, -0.2) is 10.1 Å². The van der Waals surface area contributed by atoms with Crippen LogP contribution in [-0.2, 0) is 6.42 Å². The van der Waals surface area contributed by atoms with Gasteiger partial charge in [-0.2, -0.15) is 9.78 Å². The van der Waals surface area contributed by atoms with Crippen LogP contribution in [-0.4, -0.2) is 41.9 Å². The maximum absolute atomic E-state index is 12.5. The number of rotatable bonds is 6. The van der Waals surface area contributed by atoms with Crippen molar-refractivity contribution in [2.75, 3.05) is 5.73 Å². The van der Waals surface area contributed by atoms with Crippen molar-refractivity contribution in [3.8, 4) is 5.82 Å². The topological polar surface area (TPSA) is 150 Å². The molecule has 26 heavy (non-hydrogen) atoms. The zero-order chi connectivity index (χ0) is 18.5. The Balaban J connectivity index is 1.86. The highest BCUT2D eigenvalue weighted by Gasteiger charge is 2.23. The molecule has 0 aliphatic heterocycles. The summed E-state index contributed by atoms with van der Waals surface area (Å²) in [7, 11) is 0. The van der Waals surface area contributed by atoms with Crippen LogP contribution in [0.4, 0.5) is 5.82 Å². The van der Waals surface area contributed by atoms with Gasteiger partial charge in [-0.1, -0.05) is 24.6 Å². The summed E-state index contributed by atoms with van der Waals surface area (Å²) in [5.41, 5.74) is 10.3. The Morgan fingerprint density at radius 3 is 2.92 bits per heavy atom. The molecule has 0 radical (unpaired) electrons. The van der Waals surface area contributed by atoms with Gasteiger partial charge >= 0.3 is 0 Å². The van der Waals surface area contributed by atoms with Crippen molar-refractivity contribution < 1.29 is 9.42 Å². The largest absolute Gasteiger partial charge is 0.378 e. The van der Waals surface area contributed by atoms with E-state index in [4.69, 9.17) is 5.73 Å². The first-order valence-corrected chi connectivity index (χ1v) is 7.89. The lowest BCUT2D eigenvalue weighted by atomic mass is 10.2. The molecular weight excluding hydrogens is 338 g/mol. The van der Waals surface area contributed by atoms with Gasteiger partial charge in [0.2, 0.25) is 11.6 Å². The number of nitrogens with one attached hydrogen (secondary N) is 1. The number of carbonyl (C=O) groups excluding carboxylic acids is 1. The van der Waals surface area contributed by atoms with Gasteiger partial charge in [0.25, 0.3) is 5.91 Å².